The molecule has 2 N–H and O–H groups in total. The number of benzene rings is 2. The van der Waals surface area contributed by atoms with Gasteiger partial charge < -0.3 is 20.1 Å². The fourth-order valence-electron chi connectivity index (χ4n) is 2.99. The van der Waals surface area contributed by atoms with Crippen LogP contribution in [0.25, 0.3) is 6.08 Å². The SMILES string of the molecule is O=C(C=Cc1ccccc1F)NC(CO)c1cccc(N2CCOCC2)c1. The van der Waals surface area contributed by atoms with Gasteiger partial charge in [-0.25, -0.2) is 4.39 Å². The molecule has 27 heavy (non-hydrogen) atoms. The van der Waals surface area contributed by atoms with Crippen LogP contribution in [0.2, 0.25) is 0 Å². The van der Waals surface area contributed by atoms with E-state index in [-0.39, 0.29) is 6.61 Å². The van der Waals surface area contributed by atoms with Crippen LogP contribution in [0.1, 0.15) is 17.2 Å². The molecule has 1 unspecified atom stereocenters. The highest BCUT2D eigenvalue weighted by Crippen LogP contribution is 2.22. The molecule has 0 radical (unpaired) electrons. The first-order chi connectivity index (χ1) is 13.2. The smallest absolute Gasteiger partial charge is 0.244 e. The van der Waals surface area contributed by atoms with Gasteiger partial charge in [0.05, 0.1) is 25.9 Å². The predicted octanol–water partition coefficient (Wildman–Crippen LogP) is 2.53. The number of nitrogens with zero attached hydrogens (tertiary/aromatic N) is 1. The first kappa shape index (κ1) is 19.1. The van der Waals surface area contributed by atoms with E-state index in [1.807, 2.05) is 24.3 Å². The van der Waals surface area contributed by atoms with E-state index < -0.39 is 17.8 Å². The van der Waals surface area contributed by atoms with Gasteiger partial charge >= 0.3 is 0 Å². The molecule has 0 saturated carbocycles. The molecule has 1 aliphatic heterocycles. The zero-order valence-corrected chi connectivity index (χ0v) is 15.0. The minimum Gasteiger partial charge on any atom is -0.394 e. The highest BCUT2D eigenvalue weighted by Gasteiger charge is 2.16. The monoisotopic (exact) mass is 370 g/mol. The second-order valence-electron chi connectivity index (χ2n) is 6.29. The molecule has 2 aromatic carbocycles. The Morgan fingerprint density at radius 2 is 2.00 bits per heavy atom. The molecule has 3 rings (SSSR count). The number of aliphatic hydroxyl groups is 1. The maximum absolute atomic E-state index is 13.6. The Kier molecular flexibility index (Phi) is 6.57. The lowest BCUT2D eigenvalue weighted by molar-refractivity contribution is -0.117. The highest BCUT2D eigenvalue weighted by atomic mass is 19.1. The third-order valence-corrected chi connectivity index (χ3v) is 4.47. The number of anilines is 1. The van der Waals surface area contributed by atoms with Gasteiger partial charge in [0.2, 0.25) is 5.91 Å². The van der Waals surface area contributed by atoms with Crippen LogP contribution in [0.3, 0.4) is 0 Å². The molecular formula is C21H23FN2O3. The zero-order chi connectivity index (χ0) is 19.1. The Balaban J connectivity index is 1.67. The fraction of sp³-hybridized carbons (Fsp3) is 0.286. The Morgan fingerprint density at radius 1 is 1.22 bits per heavy atom. The van der Waals surface area contributed by atoms with E-state index in [1.165, 1.54) is 18.2 Å². The molecule has 1 fully saturated rings. The van der Waals surface area contributed by atoms with Crippen LogP contribution < -0.4 is 10.2 Å². The van der Waals surface area contributed by atoms with Crippen LogP contribution in [0.4, 0.5) is 10.1 Å². The number of carbonyl (C=O) groups is 1. The molecule has 0 aromatic heterocycles. The minimum absolute atomic E-state index is 0.230. The van der Waals surface area contributed by atoms with Crippen molar-refractivity contribution in [1.29, 1.82) is 0 Å². The number of hydrogen-bond donors (Lipinski definition) is 2. The van der Waals surface area contributed by atoms with Crippen LogP contribution in [0.15, 0.2) is 54.6 Å². The zero-order valence-electron chi connectivity index (χ0n) is 15.0. The average Bonchev–Trinajstić information content (AvgIpc) is 2.72. The van der Waals surface area contributed by atoms with E-state index in [2.05, 4.69) is 10.2 Å². The second-order valence-corrected chi connectivity index (χ2v) is 6.29. The standard InChI is InChI=1S/C21H23FN2O3/c22-19-7-2-1-4-16(19)8-9-21(26)23-20(15-25)17-5-3-6-18(14-17)24-10-12-27-13-11-24/h1-9,14,20,25H,10-13,15H2,(H,23,26). The van der Waals surface area contributed by atoms with Crippen molar-refractivity contribution in [2.24, 2.45) is 0 Å². The third-order valence-electron chi connectivity index (χ3n) is 4.47. The summed E-state index contributed by atoms with van der Waals surface area (Å²) < 4.78 is 19.0. The maximum atomic E-state index is 13.6. The number of halogens is 1. The Labute approximate surface area is 158 Å². The van der Waals surface area contributed by atoms with Crippen molar-refractivity contribution in [3.05, 3.63) is 71.6 Å². The first-order valence-electron chi connectivity index (χ1n) is 8.94. The number of hydrogen-bond acceptors (Lipinski definition) is 4. The fourth-order valence-corrected chi connectivity index (χ4v) is 2.99. The van der Waals surface area contributed by atoms with Gasteiger partial charge in [-0.05, 0) is 29.8 Å². The van der Waals surface area contributed by atoms with Gasteiger partial charge in [0.15, 0.2) is 0 Å². The van der Waals surface area contributed by atoms with E-state index in [4.69, 9.17) is 4.74 Å². The normalized spacial score (nSPS) is 15.7. The van der Waals surface area contributed by atoms with Crippen molar-refractivity contribution in [1.82, 2.24) is 5.32 Å². The molecule has 6 heteroatoms. The molecule has 1 heterocycles. The summed E-state index contributed by atoms with van der Waals surface area (Å²) in [7, 11) is 0. The van der Waals surface area contributed by atoms with Gasteiger partial charge in [-0.1, -0.05) is 30.3 Å². The minimum atomic E-state index is -0.538. The van der Waals surface area contributed by atoms with Gasteiger partial charge in [0.25, 0.3) is 0 Å². The maximum Gasteiger partial charge on any atom is 0.244 e. The van der Waals surface area contributed by atoms with Crippen molar-refractivity contribution < 1.29 is 19.0 Å². The van der Waals surface area contributed by atoms with Gasteiger partial charge in [0, 0.05) is 30.4 Å². The number of rotatable bonds is 6. The lowest BCUT2D eigenvalue weighted by Crippen LogP contribution is -2.36. The van der Waals surface area contributed by atoms with Crippen LogP contribution in [-0.2, 0) is 9.53 Å². The van der Waals surface area contributed by atoms with Gasteiger partial charge in [-0.2, -0.15) is 0 Å². The molecule has 1 aliphatic rings. The summed E-state index contributed by atoms with van der Waals surface area (Å²) in [5, 5.41) is 12.5. The lowest BCUT2D eigenvalue weighted by atomic mass is 10.1. The lowest BCUT2D eigenvalue weighted by Gasteiger charge is -2.29. The van der Waals surface area contributed by atoms with Gasteiger partial charge in [-0.3, -0.25) is 4.79 Å². The van der Waals surface area contributed by atoms with E-state index in [0.29, 0.717) is 18.8 Å². The molecule has 1 saturated heterocycles. The van der Waals surface area contributed by atoms with E-state index in [1.54, 1.807) is 18.2 Å². The average molecular weight is 370 g/mol. The number of amides is 1. The van der Waals surface area contributed by atoms with E-state index in [0.717, 1.165) is 24.3 Å². The molecular weight excluding hydrogens is 347 g/mol. The van der Waals surface area contributed by atoms with E-state index in [9.17, 15) is 14.3 Å². The van der Waals surface area contributed by atoms with Gasteiger partial charge in [0.1, 0.15) is 5.82 Å². The van der Waals surface area contributed by atoms with Crippen molar-refractivity contribution >= 4 is 17.7 Å². The van der Waals surface area contributed by atoms with Crippen molar-refractivity contribution in [3.8, 4) is 0 Å². The summed E-state index contributed by atoms with van der Waals surface area (Å²) in [6.07, 6.45) is 2.69. The third kappa shape index (κ3) is 5.15. The Hall–Kier alpha value is -2.70. The number of carbonyl (C=O) groups excluding carboxylic acids is 1. The number of aliphatic hydroxyl groups excluding tert-OH is 1. The quantitative estimate of drug-likeness (QED) is 0.767. The van der Waals surface area contributed by atoms with Crippen LogP contribution in [-0.4, -0.2) is 43.9 Å². The molecule has 1 atom stereocenters. The number of nitrogens with one attached hydrogen (secondary N) is 1. The van der Waals surface area contributed by atoms with Crippen molar-refractivity contribution in [2.75, 3.05) is 37.8 Å². The highest BCUT2D eigenvalue weighted by molar-refractivity contribution is 5.92. The van der Waals surface area contributed by atoms with E-state index >= 15 is 0 Å². The largest absolute Gasteiger partial charge is 0.394 e. The number of ether oxygens (including phenoxy) is 1. The summed E-state index contributed by atoms with van der Waals surface area (Å²) in [5.41, 5.74) is 2.18. The first-order valence-corrected chi connectivity index (χ1v) is 8.94. The molecule has 0 aliphatic carbocycles. The Morgan fingerprint density at radius 3 is 2.74 bits per heavy atom. The molecule has 2 aromatic rings. The van der Waals surface area contributed by atoms with Crippen LogP contribution in [0.5, 0.6) is 0 Å². The summed E-state index contributed by atoms with van der Waals surface area (Å²) in [5.74, 6) is -0.785. The number of morpholine rings is 1. The second kappa shape index (κ2) is 9.30. The topological polar surface area (TPSA) is 61.8 Å². The summed E-state index contributed by atoms with van der Waals surface area (Å²) >= 11 is 0. The summed E-state index contributed by atoms with van der Waals surface area (Å²) in [4.78, 5) is 14.4. The molecule has 142 valence electrons. The summed E-state index contributed by atoms with van der Waals surface area (Å²) in [6.45, 7) is 2.76. The van der Waals surface area contributed by atoms with Gasteiger partial charge in [-0.15, -0.1) is 0 Å². The Bertz CT molecular complexity index is 804. The molecule has 0 spiro atoms. The molecule has 5 nitrogen and oxygen atoms in total. The molecule has 0 bridgehead atoms. The molecule has 1 amide bonds. The van der Waals surface area contributed by atoms with Crippen LogP contribution >= 0.6 is 0 Å². The predicted molar refractivity (Wildman–Crippen MR) is 103 cm³/mol. The van der Waals surface area contributed by atoms with Crippen LogP contribution in [0, 0.1) is 5.82 Å². The van der Waals surface area contributed by atoms with Crippen molar-refractivity contribution in [3.63, 3.8) is 0 Å². The van der Waals surface area contributed by atoms with Crippen molar-refractivity contribution in [2.45, 2.75) is 6.04 Å². The summed E-state index contributed by atoms with van der Waals surface area (Å²) in [6, 6.07) is 13.4.